The van der Waals surface area contributed by atoms with Gasteiger partial charge in [-0.2, -0.15) is 0 Å². The monoisotopic (exact) mass is 412 g/mol. The highest BCUT2D eigenvalue weighted by atomic mass is 35.5. The first kappa shape index (κ1) is 18.5. The van der Waals surface area contributed by atoms with E-state index in [-0.39, 0.29) is 0 Å². The molecule has 0 amide bonds. The predicted molar refractivity (Wildman–Crippen MR) is 103 cm³/mol. The normalized spacial score (nSPS) is 12.3. The SMILES string of the molecule is Cc1ccc(-c2nnc(SCC[S@@](=O)c3cc(Cl)ccc3Cl)o2)cc1. The van der Waals surface area contributed by atoms with Gasteiger partial charge in [0.1, 0.15) is 0 Å². The lowest BCUT2D eigenvalue weighted by molar-refractivity contribution is 0.466. The molecule has 0 saturated heterocycles. The van der Waals surface area contributed by atoms with E-state index in [1.165, 1.54) is 17.3 Å². The lowest BCUT2D eigenvalue weighted by atomic mass is 10.1. The minimum absolute atomic E-state index is 0.410. The number of hydrogen-bond donors (Lipinski definition) is 0. The van der Waals surface area contributed by atoms with Crippen molar-refractivity contribution in [3.05, 3.63) is 58.1 Å². The van der Waals surface area contributed by atoms with Crippen molar-refractivity contribution in [3.8, 4) is 11.5 Å². The van der Waals surface area contributed by atoms with Crippen LogP contribution in [0.3, 0.4) is 0 Å². The summed E-state index contributed by atoms with van der Waals surface area (Å²) in [4.78, 5) is 0.542. The predicted octanol–water partition coefficient (Wildman–Crippen LogP) is 5.25. The second-order valence-corrected chi connectivity index (χ2v) is 8.64. The molecule has 0 aliphatic rings. The smallest absolute Gasteiger partial charge is 0.276 e. The Kier molecular flexibility index (Phi) is 6.17. The lowest BCUT2D eigenvalue weighted by Gasteiger charge is -2.04. The van der Waals surface area contributed by atoms with Gasteiger partial charge in [0.15, 0.2) is 0 Å². The first-order valence-corrected chi connectivity index (χ1v) is 10.5. The maximum absolute atomic E-state index is 12.4. The second kappa shape index (κ2) is 8.36. The van der Waals surface area contributed by atoms with Gasteiger partial charge in [-0.15, -0.1) is 10.2 Å². The van der Waals surface area contributed by atoms with Gasteiger partial charge in [-0.05, 0) is 37.3 Å². The standard InChI is InChI=1S/C17H14Cl2N2O2S2/c1-11-2-4-12(5-3-11)16-20-21-17(23-16)24-8-9-25(22)15-10-13(18)6-7-14(15)19/h2-7,10H,8-9H2,1H3/t25-/m1/s1. The van der Waals surface area contributed by atoms with Crippen LogP contribution >= 0.6 is 35.0 Å². The maximum atomic E-state index is 12.4. The number of aromatic nitrogens is 2. The lowest BCUT2D eigenvalue weighted by Crippen LogP contribution is -2.01. The molecule has 0 saturated carbocycles. The molecule has 0 spiro atoms. The number of hydrogen-bond acceptors (Lipinski definition) is 5. The molecule has 0 fully saturated rings. The molecule has 3 aromatic rings. The molecule has 1 heterocycles. The Labute approximate surface area is 162 Å². The van der Waals surface area contributed by atoms with Crippen LogP contribution in [0.1, 0.15) is 5.56 Å². The van der Waals surface area contributed by atoms with Crippen LogP contribution in [0.2, 0.25) is 10.0 Å². The molecule has 1 atom stereocenters. The third kappa shape index (κ3) is 4.85. The van der Waals surface area contributed by atoms with Gasteiger partial charge in [-0.1, -0.05) is 52.7 Å². The molecule has 0 N–H and O–H groups in total. The van der Waals surface area contributed by atoms with Gasteiger partial charge in [0, 0.05) is 22.1 Å². The van der Waals surface area contributed by atoms with Crippen molar-refractivity contribution in [2.45, 2.75) is 17.0 Å². The van der Waals surface area contributed by atoms with Crippen LogP contribution in [0.4, 0.5) is 0 Å². The summed E-state index contributed by atoms with van der Waals surface area (Å²) >= 11 is 13.4. The first-order chi connectivity index (χ1) is 12.0. The largest absolute Gasteiger partial charge is 0.411 e. The molecule has 8 heteroatoms. The number of nitrogens with zero attached hydrogens (tertiary/aromatic N) is 2. The van der Waals surface area contributed by atoms with E-state index in [1.807, 2.05) is 31.2 Å². The maximum Gasteiger partial charge on any atom is 0.276 e. The molecule has 0 aliphatic heterocycles. The fraction of sp³-hybridized carbons (Fsp3) is 0.176. The fourth-order valence-corrected chi connectivity index (χ4v) is 4.77. The highest BCUT2D eigenvalue weighted by Crippen LogP contribution is 2.26. The minimum Gasteiger partial charge on any atom is -0.411 e. The van der Waals surface area contributed by atoms with Crippen molar-refractivity contribution in [2.24, 2.45) is 0 Å². The van der Waals surface area contributed by atoms with E-state index in [9.17, 15) is 4.21 Å². The zero-order valence-electron chi connectivity index (χ0n) is 13.2. The molecular formula is C17H14Cl2N2O2S2. The Bertz CT molecular complexity index is 898. The summed E-state index contributed by atoms with van der Waals surface area (Å²) in [6.07, 6.45) is 0. The van der Waals surface area contributed by atoms with E-state index in [1.54, 1.807) is 18.2 Å². The van der Waals surface area contributed by atoms with Crippen molar-refractivity contribution in [2.75, 3.05) is 11.5 Å². The molecule has 3 rings (SSSR count). The Morgan fingerprint density at radius 1 is 1.12 bits per heavy atom. The number of rotatable bonds is 6. The second-order valence-electron chi connectivity index (χ2n) is 5.21. The van der Waals surface area contributed by atoms with E-state index in [2.05, 4.69) is 10.2 Å². The summed E-state index contributed by atoms with van der Waals surface area (Å²) in [5, 5.41) is 9.48. The fourth-order valence-electron chi connectivity index (χ4n) is 2.05. The van der Waals surface area contributed by atoms with Crippen LogP contribution in [0.15, 0.2) is 57.0 Å². The average molecular weight is 413 g/mol. The summed E-state index contributed by atoms with van der Waals surface area (Å²) in [7, 11) is -1.24. The van der Waals surface area contributed by atoms with Crippen LogP contribution in [0, 0.1) is 6.92 Å². The molecule has 2 aromatic carbocycles. The number of halogens is 2. The summed E-state index contributed by atoms with van der Waals surface area (Å²) < 4.78 is 18.0. The summed E-state index contributed by atoms with van der Waals surface area (Å²) in [5.41, 5.74) is 2.04. The molecule has 0 aliphatic carbocycles. The third-order valence-electron chi connectivity index (χ3n) is 3.34. The van der Waals surface area contributed by atoms with Crippen LogP contribution in [0.5, 0.6) is 0 Å². The number of aryl methyl sites for hydroxylation is 1. The van der Waals surface area contributed by atoms with Crippen molar-refractivity contribution in [1.82, 2.24) is 10.2 Å². The van der Waals surface area contributed by atoms with E-state index < -0.39 is 10.8 Å². The van der Waals surface area contributed by atoms with Gasteiger partial charge in [0.25, 0.3) is 5.22 Å². The molecule has 0 bridgehead atoms. The molecule has 1 aromatic heterocycles. The number of thioether (sulfide) groups is 1. The van der Waals surface area contributed by atoms with Crippen LogP contribution in [-0.4, -0.2) is 25.9 Å². The van der Waals surface area contributed by atoms with Gasteiger partial charge < -0.3 is 4.42 Å². The molecule has 130 valence electrons. The van der Waals surface area contributed by atoms with Gasteiger partial charge in [-0.25, -0.2) is 0 Å². The quantitative estimate of drug-likeness (QED) is 0.517. The zero-order chi connectivity index (χ0) is 17.8. The van der Waals surface area contributed by atoms with E-state index in [0.29, 0.717) is 37.6 Å². The van der Waals surface area contributed by atoms with Crippen LogP contribution < -0.4 is 0 Å². The Balaban J connectivity index is 1.58. The summed E-state index contributed by atoms with van der Waals surface area (Å²) in [6.45, 7) is 2.02. The average Bonchev–Trinajstić information content (AvgIpc) is 3.06. The van der Waals surface area contributed by atoms with E-state index in [0.717, 1.165) is 5.56 Å². The van der Waals surface area contributed by atoms with Crippen molar-refractivity contribution in [3.63, 3.8) is 0 Å². The van der Waals surface area contributed by atoms with Crippen LogP contribution in [-0.2, 0) is 10.8 Å². The summed E-state index contributed by atoms with van der Waals surface area (Å²) in [6, 6.07) is 12.8. The zero-order valence-corrected chi connectivity index (χ0v) is 16.4. The Morgan fingerprint density at radius 3 is 2.64 bits per heavy atom. The molecular weight excluding hydrogens is 399 g/mol. The van der Waals surface area contributed by atoms with Gasteiger partial charge >= 0.3 is 0 Å². The topological polar surface area (TPSA) is 56.0 Å². The van der Waals surface area contributed by atoms with Crippen molar-refractivity contribution >= 4 is 45.8 Å². The van der Waals surface area contributed by atoms with Gasteiger partial charge in [0.2, 0.25) is 5.89 Å². The van der Waals surface area contributed by atoms with E-state index >= 15 is 0 Å². The van der Waals surface area contributed by atoms with E-state index in [4.69, 9.17) is 27.6 Å². The van der Waals surface area contributed by atoms with Gasteiger partial charge in [-0.3, -0.25) is 4.21 Å². The Morgan fingerprint density at radius 2 is 1.88 bits per heavy atom. The third-order valence-corrected chi connectivity index (χ3v) is 6.50. The number of benzene rings is 2. The highest BCUT2D eigenvalue weighted by molar-refractivity contribution is 8.00. The summed E-state index contributed by atoms with van der Waals surface area (Å²) in [5.74, 6) is 1.44. The first-order valence-electron chi connectivity index (χ1n) is 7.40. The molecule has 0 radical (unpaired) electrons. The minimum atomic E-state index is -1.24. The molecule has 25 heavy (non-hydrogen) atoms. The van der Waals surface area contributed by atoms with Crippen molar-refractivity contribution < 1.29 is 8.63 Å². The van der Waals surface area contributed by atoms with Gasteiger partial charge in [0.05, 0.1) is 20.7 Å². The Hall–Kier alpha value is -1.34. The molecule has 4 nitrogen and oxygen atoms in total. The molecule has 0 unspecified atom stereocenters. The van der Waals surface area contributed by atoms with Crippen LogP contribution in [0.25, 0.3) is 11.5 Å². The highest BCUT2D eigenvalue weighted by Gasteiger charge is 2.12. The van der Waals surface area contributed by atoms with Crippen molar-refractivity contribution in [1.29, 1.82) is 0 Å².